The van der Waals surface area contributed by atoms with Crippen LogP contribution in [0.2, 0.25) is 5.02 Å². The molecule has 6 nitrogen and oxygen atoms in total. The smallest absolute Gasteiger partial charge is 0.319 e. The average Bonchev–Trinajstić information content (AvgIpc) is 3.20. The van der Waals surface area contributed by atoms with Crippen molar-refractivity contribution in [1.29, 1.82) is 0 Å². The molecule has 1 unspecified atom stereocenters. The fourth-order valence-corrected chi connectivity index (χ4v) is 4.47. The van der Waals surface area contributed by atoms with Crippen LogP contribution in [0.1, 0.15) is 31.2 Å². The Morgan fingerprint density at radius 2 is 1.83 bits per heavy atom. The maximum atomic E-state index is 12.8. The van der Waals surface area contributed by atoms with Gasteiger partial charge in [-0.3, -0.25) is 4.79 Å². The lowest BCUT2D eigenvalue weighted by atomic mass is 10.1. The van der Waals surface area contributed by atoms with Crippen LogP contribution in [0.25, 0.3) is 0 Å². The molecule has 0 spiro atoms. The highest BCUT2D eigenvalue weighted by Gasteiger charge is 2.33. The molecule has 1 atom stereocenters. The first-order valence-electron chi connectivity index (χ1n) is 10.7. The largest absolute Gasteiger partial charge is 0.340 e. The Kier molecular flexibility index (Phi) is 7.78. The van der Waals surface area contributed by atoms with Gasteiger partial charge >= 0.3 is 6.03 Å². The molecule has 2 saturated heterocycles. The summed E-state index contributed by atoms with van der Waals surface area (Å²) in [6.07, 6.45) is 4.93. The van der Waals surface area contributed by atoms with Gasteiger partial charge in [0, 0.05) is 45.3 Å². The van der Waals surface area contributed by atoms with E-state index in [1.54, 1.807) is 19.0 Å². The van der Waals surface area contributed by atoms with Gasteiger partial charge < -0.3 is 19.6 Å². The third-order valence-electron chi connectivity index (χ3n) is 5.99. The van der Waals surface area contributed by atoms with Gasteiger partial charge in [0.25, 0.3) is 0 Å². The van der Waals surface area contributed by atoms with Gasteiger partial charge in [-0.2, -0.15) is 0 Å². The number of hydrogen-bond acceptors (Lipinski definition) is 3. The molecule has 1 aromatic carbocycles. The van der Waals surface area contributed by atoms with Crippen LogP contribution in [0.4, 0.5) is 4.79 Å². The Morgan fingerprint density at radius 1 is 1.10 bits per heavy atom. The van der Waals surface area contributed by atoms with Crippen molar-refractivity contribution in [3.05, 3.63) is 34.9 Å². The first kappa shape index (κ1) is 21.9. The molecule has 160 valence electrons. The number of urea groups is 1. The van der Waals surface area contributed by atoms with E-state index in [0.29, 0.717) is 31.1 Å². The number of likely N-dealkylation sites (tertiary alicyclic amines) is 2. The molecule has 0 radical (unpaired) electrons. The molecule has 2 aliphatic rings. The first-order chi connectivity index (χ1) is 14.0. The quantitative estimate of drug-likeness (QED) is 0.710. The summed E-state index contributed by atoms with van der Waals surface area (Å²) in [5, 5.41) is 0.627. The van der Waals surface area contributed by atoms with E-state index >= 15 is 0 Å². The Hall–Kier alpha value is -1.79. The van der Waals surface area contributed by atoms with E-state index in [9.17, 15) is 9.59 Å². The molecule has 0 aromatic heterocycles. The van der Waals surface area contributed by atoms with E-state index in [1.165, 1.54) is 19.3 Å². The molecular formula is C22H33ClN4O2. The van der Waals surface area contributed by atoms with Gasteiger partial charge in [0.2, 0.25) is 5.91 Å². The zero-order valence-electron chi connectivity index (χ0n) is 17.6. The van der Waals surface area contributed by atoms with Crippen LogP contribution in [0.3, 0.4) is 0 Å². The normalized spacial score (nSPS) is 20.0. The predicted octanol–water partition coefficient (Wildman–Crippen LogP) is 2.95. The topological polar surface area (TPSA) is 47.1 Å². The molecule has 0 N–H and O–H groups in total. The van der Waals surface area contributed by atoms with E-state index in [-0.39, 0.29) is 18.0 Å². The Bertz CT molecular complexity index is 706. The number of hydrogen-bond donors (Lipinski definition) is 0. The number of amides is 3. The van der Waals surface area contributed by atoms with E-state index in [1.807, 2.05) is 34.1 Å². The second-order valence-electron chi connectivity index (χ2n) is 8.32. The lowest BCUT2D eigenvalue weighted by Crippen LogP contribution is -2.50. The van der Waals surface area contributed by atoms with Crippen LogP contribution in [-0.2, 0) is 11.2 Å². The maximum Gasteiger partial charge on any atom is 0.319 e. The molecule has 0 aliphatic carbocycles. The van der Waals surface area contributed by atoms with Gasteiger partial charge in [-0.05, 0) is 44.0 Å². The van der Waals surface area contributed by atoms with E-state index in [4.69, 9.17) is 11.6 Å². The highest BCUT2D eigenvalue weighted by atomic mass is 35.5. The molecule has 1 aromatic rings. The summed E-state index contributed by atoms with van der Waals surface area (Å²) in [5.41, 5.74) is 0.855. The van der Waals surface area contributed by atoms with Gasteiger partial charge in [-0.15, -0.1) is 0 Å². The number of rotatable bonds is 6. The lowest BCUT2D eigenvalue weighted by molar-refractivity contribution is -0.129. The van der Waals surface area contributed by atoms with Crippen LogP contribution >= 0.6 is 11.6 Å². The molecule has 3 amide bonds. The van der Waals surface area contributed by atoms with Crippen molar-refractivity contribution >= 4 is 23.5 Å². The minimum atomic E-state index is 0.0346. The van der Waals surface area contributed by atoms with E-state index in [0.717, 1.165) is 31.6 Å². The van der Waals surface area contributed by atoms with Crippen LogP contribution in [0.5, 0.6) is 0 Å². The Morgan fingerprint density at radius 3 is 2.52 bits per heavy atom. The summed E-state index contributed by atoms with van der Waals surface area (Å²) >= 11 is 6.21. The molecule has 2 aliphatic heterocycles. The molecule has 2 heterocycles. The number of nitrogens with zero attached hydrogens (tertiary/aromatic N) is 4. The monoisotopic (exact) mass is 420 g/mol. The van der Waals surface area contributed by atoms with Crippen molar-refractivity contribution in [3.8, 4) is 0 Å². The molecule has 0 bridgehead atoms. The third-order valence-corrected chi connectivity index (χ3v) is 6.36. The molecule has 0 saturated carbocycles. The van der Waals surface area contributed by atoms with Crippen molar-refractivity contribution in [3.63, 3.8) is 0 Å². The average molecular weight is 421 g/mol. The molecule has 3 rings (SSSR count). The Balaban J connectivity index is 1.59. The van der Waals surface area contributed by atoms with Crippen LogP contribution < -0.4 is 0 Å². The molecule has 29 heavy (non-hydrogen) atoms. The Labute approximate surface area is 179 Å². The number of halogens is 1. The highest BCUT2D eigenvalue weighted by Crippen LogP contribution is 2.21. The van der Waals surface area contributed by atoms with Crippen molar-refractivity contribution in [2.45, 2.75) is 38.1 Å². The molecule has 7 heteroatoms. The fraction of sp³-hybridized carbons (Fsp3) is 0.636. The lowest BCUT2D eigenvalue weighted by Gasteiger charge is -2.34. The SMILES string of the molecule is CN(C)C(=O)N(CCN1CCCCC1)C1CCN(C(=O)Cc2ccccc2Cl)C1. The molecular weight excluding hydrogens is 388 g/mol. The van der Waals surface area contributed by atoms with E-state index in [2.05, 4.69) is 4.90 Å². The molecule has 2 fully saturated rings. The maximum absolute atomic E-state index is 12.8. The summed E-state index contributed by atoms with van der Waals surface area (Å²) in [6.45, 7) is 5.16. The van der Waals surface area contributed by atoms with Crippen LogP contribution in [-0.4, -0.2) is 90.9 Å². The van der Waals surface area contributed by atoms with Crippen molar-refractivity contribution in [2.24, 2.45) is 0 Å². The van der Waals surface area contributed by atoms with E-state index < -0.39 is 0 Å². The highest BCUT2D eigenvalue weighted by molar-refractivity contribution is 6.31. The van der Waals surface area contributed by atoms with Crippen molar-refractivity contribution in [2.75, 3.05) is 53.4 Å². The number of carbonyl (C=O) groups is 2. The zero-order valence-corrected chi connectivity index (χ0v) is 18.4. The van der Waals surface area contributed by atoms with Gasteiger partial charge in [0.05, 0.1) is 12.5 Å². The van der Waals surface area contributed by atoms with Gasteiger partial charge in [0.15, 0.2) is 0 Å². The summed E-state index contributed by atoms with van der Waals surface area (Å²) in [6, 6.07) is 7.59. The second kappa shape index (κ2) is 10.3. The standard InChI is InChI=1S/C22H33ClN4O2/c1-24(2)22(29)27(15-14-25-11-6-3-7-12-25)19-10-13-26(17-19)21(28)16-18-8-4-5-9-20(18)23/h4-5,8-9,19H,3,6-7,10-17H2,1-2H3. The summed E-state index contributed by atoms with van der Waals surface area (Å²) < 4.78 is 0. The fourth-order valence-electron chi connectivity index (χ4n) is 4.26. The van der Waals surface area contributed by atoms with Crippen molar-refractivity contribution < 1.29 is 9.59 Å². The summed E-state index contributed by atoms with van der Waals surface area (Å²) in [5.74, 6) is 0.0777. The predicted molar refractivity (Wildman–Crippen MR) is 116 cm³/mol. The minimum absolute atomic E-state index is 0.0346. The zero-order chi connectivity index (χ0) is 20.8. The summed E-state index contributed by atoms with van der Waals surface area (Å²) in [7, 11) is 3.59. The third kappa shape index (κ3) is 5.86. The van der Waals surface area contributed by atoms with Gasteiger partial charge in [0.1, 0.15) is 0 Å². The van der Waals surface area contributed by atoms with Gasteiger partial charge in [-0.25, -0.2) is 4.79 Å². The summed E-state index contributed by atoms with van der Waals surface area (Å²) in [4.78, 5) is 33.6. The van der Waals surface area contributed by atoms with Crippen LogP contribution in [0.15, 0.2) is 24.3 Å². The van der Waals surface area contributed by atoms with Crippen molar-refractivity contribution in [1.82, 2.24) is 19.6 Å². The number of carbonyl (C=O) groups excluding carboxylic acids is 2. The van der Waals surface area contributed by atoms with Gasteiger partial charge in [-0.1, -0.05) is 36.2 Å². The number of benzene rings is 1. The number of piperidine rings is 1. The van der Waals surface area contributed by atoms with Crippen LogP contribution in [0, 0.1) is 0 Å². The first-order valence-corrected chi connectivity index (χ1v) is 11.0. The minimum Gasteiger partial charge on any atom is -0.340 e. The second-order valence-corrected chi connectivity index (χ2v) is 8.73.